The van der Waals surface area contributed by atoms with Gasteiger partial charge in [0.25, 0.3) is 0 Å². The molecule has 1 saturated carbocycles. The molecule has 0 spiro atoms. The van der Waals surface area contributed by atoms with Crippen molar-refractivity contribution in [3.8, 4) is 0 Å². The number of aliphatic hydroxyl groups excluding tert-OH is 1. The fourth-order valence-corrected chi connectivity index (χ4v) is 4.66. The number of hydrogen-bond acceptors (Lipinski definition) is 4. The molecule has 1 aliphatic carbocycles. The second-order valence-corrected chi connectivity index (χ2v) is 7.46. The zero-order chi connectivity index (χ0) is 15.6. The van der Waals surface area contributed by atoms with E-state index in [-0.39, 0.29) is 33.7 Å². The van der Waals surface area contributed by atoms with Crippen molar-refractivity contribution in [2.24, 2.45) is 0 Å². The van der Waals surface area contributed by atoms with Crippen molar-refractivity contribution in [2.45, 2.75) is 42.9 Å². The minimum Gasteiger partial charge on any atom is -0.392 e. The highest BCUT2D eigenvalue weighted by Crippen LogP contribution is 2.30. The summed E-state index contributed by atoms with van der Waals surface area (Å²) in [5.41, 5.74) is 0.316. The first-order valence-corrected chi connectivity index (χ1v) is 8.77. The topological polar surface area (TPSA) is 75.6 Å². The van der Waals surface area contributed by atoms with E-state index in [0.29, 0.717) is 5.56 Å². The van der Waals surface area contributed by atoms with Crippen molar-refractivity contribution >= 4 is 33.2 Å². The predicted molar refractivity (Wildman–Crippen MR) is 81.1 cm³/mol. The molecule has 0 heterocycles. The Kier molecular flexibility index (Phi) is 5.51. The lowest BCUT2D eigenvalue weighted by Gasteiger charge is -2.20. The van der Waals surface area contributed by atoms with Gasteiger partial charge in [0.2, 0.25) is 10.0 Å². The fraction of sp³-hybridized carbons (Fsp3) is 0.538. The molecule has 0 amide bonds. The Bertz CT molecular complexity index is 621. The maximum absolute atomic E-state index is 12.5. The quantitative estimate of drug-likeness (QED) is 0.851. The number of sulfonamides is 1. The van der Waals surface area contributed by atoms with E-state index >= 15 is 0 Å². The SMILES string of the molecule is COC1CCCC1NS(=O)(=O)c1cc(CO)c(Cl)cc1Cl. The van der Waals surface area contributed by atoms with Crippen LogP contribution in [0.15, 0.2) is 17.0 Å². The van der Waals surface area contributed by atoms with Crippen LogP contribution < -0.4 is 4.72 Å². The molecule has 2 N–H and O–H groups in total. The molecule has 2 atom stereocenters. The van der Waals surface area contributed by atoms with Gasteiger partial charge < -0.3 is 9.84 Å². The second kappa shape index (κ2) is 6.81. The van der Waals surface area contributed by atoms with Gasteiger partial charge in [0.15, 0.2) is 0 Å². The first-order chi connectivity index (χ1) is 9.89. The number of rotatable bonds is 5. The number of nitrogens with one attached hydrogen (secondary N) is 1. The van der Waals surface area contributed by atoms with Gasteiger partial charge >= 0.3 is 0 Å². The highest BCUT2D eigenvalue weighted by atomic mass is 35.5. The molecule has 1 aromatic rings. The standard InChI is InChI=1S/C13H17Cl2NO4S/c1-20-12-4-2-3-11(12)16-21(18,19)13-5-8(7-17)9(14)6-10(13)15/h5-6,11-12,16-17H,2-4,7H2,1H3. The number of methoxy groups -OCH3 is 1. The van der Waals surface area contributed by atoms with E-state index in [9.17, 15) is 13.5 Å². The van der Waals surface area contributed by atoms with Crippen LogP contribution in [0.2, 0.25) is 10.0 Å². The summed E-state index contributed by atoms with van der Waals surface area (Å²) in [5, 5.41) is 9.46. The minimum atomic E-state index is -3.80. The molecule has 0 radical (unpaired) electrons. The molecule has 21 heavy (non-hydrogen) atoms. The average Bonchev–Trinajstić information content (AvgIpc) is 2.85. The highest BCUT2D eigenvalue weighted by molar-refractivity contribution is 7.89. The lowest BCUT2D eigenvalue weighted by Crippen LogP contribution is -2.40. The summed E-state index contributed by atoms with van der Waals surface area (Å²) in [7, 11) is -2.23. The number of hydrogen-bond donors (Lipinski definition) is 2. The molecule has 0 saturated heterocycles. The van der Waals surface area contributed by atoms with Crippen molar-refractivity contribution in [2.75, 3.05) is 7.11 Å². The molecule has 1 aromatic carbocycles. The van der Waals surface area contributed by atoms with Crippen LogP contribution in [0.1, 0.15) is 24.8 Å². The molecule has 1 aliphatic rings. The smallest absolute Gasteiger partial charge is 0.242 e. The van der Waals surface area contributed by atoms with Crippen LogP contribution in [-0.4, -0.2) is 32.8 Å². The highest BCUT2D eigenvalue weighted by Gasteiger charge is 2.32. The van der Waals surface area contributed by atoms with Crippen molar-refractivity contribution < 1.29 is 18.3 Å². The van der Waals surface area contributed by atoms with Crippen LogP contribution in [0.4, 0.5) is 0 Å². The molecule has 1 fully saturated rings. The maximum atomic E-state index is 12.5. The van der Waals surface area contributed by atoms with Crippen molar-refractivity contribution in [3.63, 3.8) is 0 Å². The third-order valence-corrected chi connectivity index (χ3v) is 5.93. The zero-order valence-corrected chi connectivity index (χ0v) is 13.8. The summed E-state index contributed by atoms with van der Waals surface area (Å²) in [6.07, 6.45) is 2.31. The summed E-state index contributed by atoms with van der Waals surface area (Å²) in [5.74, 6) is 0. The van der Waals surface area contributed by atoms with Crippen LogP contribution >= 0.6 is 23.2 Å². The molecule has 2 unspecified atom stereocenters. The molecule has 118 valence electrons. The van der Waals surface area contributed by atoms with Crippen LogP contribution in [0.3, 0.4) is 0 Å². The van der Waals surface area contributed by atoms with Gasteiger partial charge in [0.05, 0.1) is 17.7 Å². The lowest BCUT2D eigenvalue weighted by molar-refractivity contribution is 0.0916. The molecule has 5 nitrogen and oxygen atoms in total. The van der Waals surface area contributed by atoms with Gasteiger partial charge in [-0.2, -0.15) is 0 Å². The lowest BCUT2D eigenvalue weighted by atomic mass is 10.2. The minimum absolute atomic E-state index is 0.0247. The molecular weight excluding hydrogens is 337 g/mol. The van der Waals surface area contributed by atoms with Crippen LogP contribution in [0.25, 0.3) is 0 Å². The van der Waals surface area contributed by atoms with Crippen LogP contribution in [0, 0.1) is 0 Å². The number of benzene rings is 1. The van der Waals surface area contributed by atoms with Gasteiger partial charge in [0, 0.05) is 18.2 Å². The summed E-state index contributed by atoms with van der Waals surface area (Å²) < 4.78 is 32.8. The largest absolute Gasteiger partial charge is 0.392 e. The first-order valence-electron chi connectivity index (χ1n) is 6.53. The Morgan fingerprint density at radius 3 is 2.67 bits per heavy atom. The molecule has 8 heteroatoms. The molecule has 2 rings (SSSR count). The van der Waals surface area contributed by atoms with E-state index < -0.39 is 10.0 Å². The number of ether oxygens (including phenoxy) is 1. The van der Waals surface area contributed by atoms with Gasteiger partial charge in [-0.1, -0.05) is 23.2 Å². The van der Waals surface area contributed by atoms with Crippen molar-refractivity contribution in [1.82, 2.24) is 4.72 Å². The van der Waals surface area contributed by atoms with E-state index in [2.05, 4.69) is 4.72 Å². The summed E-state index contributed by atoms with van der Waals surface area (Å²) in [4.78, 5) is -0.0839. The zero-order valence-electron chi connectivity index (χ0n) is 11.5. The van der Waals surface area contributed by atoms with Gasteiger partial charge in [-0.05, 0) is 37.0 Å². The van der Waals surface area contributed by atoms with Gasteiger partial charge in [0.1, 0.15) is 4.90 Å². The Hall–Kier alpha value is -0.370. The fourth-order valence-electron chi connectivity index (χ4n) is 2.50. The van der Waals surface area contributed by atoms with Crippen LogP contribution in [0.5, 0.6) is 0 Å². The van der Waals surface area contributed by atoms with E-state index in [1.165, 1.54) is 12.1 Å². The Balaban J connectivity index is 2.31. The molecule has 0 aliphatic heterocycles. The maximum Gasteiger partial charge on any atom is 0.242 e. The van der Waals surface area contributed by atoms with E-state index in [1.807, 2.05) is 0 Å². The normalized spacial score (nSPS) is 22.7. The summed E-state index contributed by atoms with van der Waals surface area (Å²) >= 11 is 11.9. The summed E-state index contributed by atoms with van der Waals surface area (Å²) in [6.45, 7) is -0.358. The van der Waals surface area contributed by atoms with E-state index in [1.54, 1.807) is 7.11 Å². The third-order valence-electron chi connectivity index (χ3n) is 3.62. The summed E-state index contributed by atoms with van der Waals surface area (Å²) in [6, 6.07) is 2.35. The van der Waals surface area contributed by atoms with Gasteiger partial charge in [-0.15, -0.1) is 0 Å². The monoisotopic (exact) mass is 353 g/mol. The molecule has 0 aromatic heterocycles. The van der Waals surface area contributed by atoms with E-state index in [0.717, 1.165) is 19.3 Å². The van der Waals surface area contributed by atoms with Gasteiger partial charge in [-0.25, -0.2) is 13.1 Å². The van der Waals surface area contributed by atoms with Crippen molar-refractivity contribution in [1.29, 1.82) is 0 Å². The Morgan fingerprint density at radius 1 is 1.33 bits per heavy atom. The van der Waals surface area contributed by atoms with Crippen LogP contribution in [-0.2, 0) is 21.4 Å². The van der Waals surface area contributed by atoms with Crippen molar-refractivity contribution in [3.05, 3.63) is 27.7 Å². The molecule has 0 bridgehead atoms. The first kappa shape index (κ1) is 17.0. The average molecular weight is 354 g/mol. The van der Waals surface area contributed by atoms with Gasteiger partial charge in [-0.3, -0.25) is 0 Å². The second-order valence-electron chi connectivity index (χ2n) is 4.96. The number of halogens is 2. The number of aliphatic hydroxyl groups is 1. The Morgan fingerprint density at radius 2 is 2.05 bits per heavy atom. The Labute approximate surface area is 134 Å². The van der Waals surface area contributed by atoms with E-state index in [4.69, 9.17) is 27.9 Å². The third kappa shape index (κ3) is 3.70. The molecular formula is C13H17Cl2NO4S. The predicted octanol–water partition coefficient (Wildman–Crippen LogP) is 2.33.